The Morgan fingerprint density at radius 3 is 2.87 bits per heavy atom. The summed E-state index contributed by atoms with van der Waals surface area (Å²) in [5, 5.41) is 0.882. The van der Waals surface area contributed by atoms with E-state index in [1.54, 1.807) is 12.1 Å². The highest BCUT2D eigenvalue weighted by Crippen LogP contribution is 2.19. The van der Waals surface area contributed by atoms with Gasteiger partial charge in [-0.15, -0.1) is 0 Å². The molecule has 4 heteroatoms. The SMILES string of the molecule is O=c1ccc2ccc(OCCS)cc2o1. The molecule has 2 rings (SSSR count). The molecular formula is C11H10O3S. The first-order valence-electron chi connectivity index (χ1n) is 4.57. The van der Waals surface area contributed by atoms with E-state index in [1.165, 1.54) is 6.07 Å². The lowest BCUT2D eigenvalue weighted by Crippen LogP contribution is -1.98. The van der Waals surface area contributed by atoms with Gasteiger partial charge in [0.25, 0.3) is 0 Å². The number of ether oxygens (including phenoxy) is 1. The molecule has 0 unspecified atom stereocenters. The van der Waals surface area contributed by atoms with Crippen LogP contribution in [-0.4, -0.2) is 12.4 Å². The first-order valence-corrected chi connectivity index (χ1v) is 5.20. The van der Waals surface area contributed by atoms with Crippen LogP contribution in [0.4, 0.5) is 0 Å². The zero-order valence-electron chi connectivity index (χ0n) is 7.97. The third-order valence-electron chi connectivity index (χ3n) is 1.95. The predicted molar refractivity (Wildman–Crippen MR) is 61.8 cm³/mol. The molecule has 3 nitrogen and oxygen atoms in total. The van der Waals surface area contributed by atoms with Crippen molar-refractivity contribution in [3.8, 4) is 5.75 Å². The zero-order valence-corrected chi connectivity index (χ0v) is 8.87. The normalized spacial score (nSPS) is 10.5. The van der Waals surface area contributed by atoms with E-state index in [1.807, 2.05) is 12.1 Å². The molecule has 0 N–H and O–H groups in total. The van der Waals surface area contributed by atoms with Gasteiger partial charge in [-0.3, -0.25) is 0 Å². The third kappa shape index (κ3) is 2.33. The lowest BCUT2D eigenvalue weighted by Gasteiger charge is -2.04. The molecule has 0 atom stereocenters. The van der Waals surface area contributed by atoms with Crippen LogP contribution < -0.4 is 10.4 Å². The van der Waals surface area contributed by atoms with Crippen LogP contribution in [0.25, 0.3) is 11.0 Å². The third-order valence-corrected chi connectivity index (χ3v) is 2.14. The minimum Gasteiger partial charge on any atom is -0.493 e. The van der Waals surface area contributed by atoms with Gasteiger partial charge in [-0.1, -0.05) is 0 Å². The minimum absolute atomic E-state index is 0.353. The Kier molecular flexibility index (Phi) is 2.97. The van der Waals surface area contributed by atoms with Crippen molar-refractivity contribution in [1.82, 2.24) is 0 Å². The maximum absolute atomic E-state index is 11.0. The highest BCUT2D eigenvalue weighted by Gasteiger charge is 1.99. The summed E-state index contributed by atoms with van der Waals surface area (Å²) in [6.45, 7) is 0.533. The van der Waals surface area contributed by atoms with E-state index in [0.29, 0.717) is 23.7 Å². The highest BCUT2D eigenvalue weighted by molar-refractivity contribution is 7.80. The Morgan fingerprint density at radius 2 is 2.07 bits per heavy atom. The topological polar surface area (TPSA) is 39.4 Å². The molecule has 0 saturated heterocycles. The maximum atomic E-state index is 11.0. The summed E-state index contributed by atoms with van der Waals surface area (Å²) in [4.78, 5) is 11.0. The van der Waals surface area contributed by atoms with E-state index in [9.17, 15) is 4.79 Å². The molecule has 0 aliphatic heterocycles. The molecule has 0 amide bonds. The molecular weight excluding hydrogens is 212 g/mol. The number of rotatable bonds is 3. The van der Waals surface area contributed by atoms with Gasteiger partial charge in [-0.05, 0) is 18.2 Å². The van der Waals surface area contributed by atoms with Gasteiger partial charge in [0, 0.05) is 23.3 Å². The summed E-state index contributed by atoms with van der Waals surface area (Å²) in [5.74, 6) is 1.34. The summed E-state index contributed by atoms with van der Waals surface area (Å²) in [5.41, 5.74) is 0.188. The van der Waals surface area contributed by atoms with E-state index in [2.05, 4.69) is 12.6 Å². The van der Waals surface area contributed by atoms with Gasteiger partial charge in [0.05, 0.1) is 6.61 Å². The van der Waals surface area contributed by atoms with E-state index in [4.69, 9.17) is 9.15 Å². The van der Waals surface area contributed by atoms with Crippen molar-refractivity contribution < 1.29 is 9.15 Å². The van der Waals surface area contributed by atoms with Gasteiger partial charge in [0.1, 0.15) is 11.3 Å². The van der Waals surface area contributed by atoms with Crippen molar-refractivity contribution in [3.05, 3.63) is 40.8 Å². The quantitative estimate of drug-likeness (QED) is 0.638. The molecule has 0 spiro atoms. The fourth-order valence-corrected chi connectivity index (χ4v) is 1.39. The van der Waals surface area contributed by atoms with Crippen LogP contribution in [0.15, 0.2) is 39.5 Å². The van der Waals surface area contributed by atoms with Gasteiger partial charge >= 0.3 is 5.63 Å². The molecule has 0 bridgehead atoms. The average molecular weight is 222 g/mol. The first kappa shape index (κ1) is 10.1. The standard InChI is InChI=1S/C11H10O3S/c12-11-4-2-8-1-3-9(13-5-6-15)7-10(8)14-11/h1-4,7,15H,5-6H2. The zero-order chi connectivity index (χ0) is 10.7. The van der Waals surface area contributed by atoms with Crippen molar-refractivity contribution in [1.29, 1.82) is 0 Å². The Morgan fingerprint density at radius 1 is 1.27 bits per heavy atom. The molecule has 0 fully saturated rings. The van der Waals surface area contributed by atoms with Crippen LogP contribution in [0.2, 0.25) is 0 Å². The maximum Gasteiger partial charge on any atom is 0.336 e. The summed E-state index contributed by atoms with van der Waals surface area (Å²) >= 11 is 4.04. The van der Waals surface area contributed by atoms with Gasteiger partial charge in [0.15, 0.2) is 0 Å². The highest BCUT2D eigenvalue weighted by atomic mass is 32.1. The Hall–Kier alpha value is -1.42. The molecule has 1 aromatic heterocycles. The number of benzene rings is 1. The Labute approximate surface area is 92.1 Å². The number of fused-ring (bicyclic) bond motifs is 1. The monoisotopic (exact) mass is 222 g/mol. The summed E-state index contributed by atoms with van der Waals surface area (Å²) < 4.78 is 10.4. The molecule has 2 aromatic rings. The van der Waals surface area contributed by atoms with Crippen LogP contribution in [0.3, 0.4) is 0 Å². The molecule has 0 radical (unpaired) electrons. The second-order valence-corrected chi connectivity index (χ2v) is 3.47. The van der Waals surface area contributed by atoms with Crippen molar-refractivity contribution in [3.63, 3.8) is 0 Å². The summed E-state index contributed by atoms with van der Waals surface area (Å²) in [6.07, 6.45) is 0. The molecule has 15 heavy (non-hydrogen) atoms. The predicted octanol–water partition coefficient (Wildman–Crippen LogP) is 2.10. The molecule has 0 aliphatic rings. The molecule has 1 aromatic carbocycles. The van der Waals surface area contributed by atoms with E-state index in [-0.39, 0.29) is 5.63 Å². The molecule has 1 heterocycles. The minimum atomic E-state index is -0.353. The molecule has 0 aliphatic carbocycles. The van der Waals surface area contributed by atoms with Crippen LogP contribution in [0, 0.1) is 0 Å². The van der Waals surface area contributed by atoms with Crippen LogP contribution >= 0.6 is 12.6 Å². The smallest absolute Gasteiger partial charge is 0.336 e. The lowest BCUT2D eigenvalue weighted by atomic mass is 10.2. The summed E-state index contributed by atoms with van der Waals surface area (Å²) in [7, 11) is 0. The number of hydrogen-bond donors (Lipinski definition) is 1. The van der Waals surface area contributed by atoms with Crippen LogP contribution in [0.1, 0.15) is 0 Å². The largest absolute Gasteiger partial charge is 0.493 e. The fourth-order valence-electron chi connectivity index (χ4n) is 1.29. The number of hydrogen-bond acceptors (Lipinski definition) is 4. The molecule has 78 valence electrons. The fraction of sp³-hybridized carbons (Fsp3) is 0.182. The second-order valence-electron chi connectivity index (χ2n) is 3.03. The van der Waals surface area contributed by atoms with E-state index in [0.717, 1.165) is 5.39 Å². The van der Waals surface area contributed by atoms with Crippen LogP contribution in [-0.2, 0) is 0 Å². The van der Waals surface area contributed by atoms with Crippen molar-refractivity contribution in [2.45, 2.75) is 0 Å². The second kappa shape index (κ2) is 4.40. The van der Waals surface area contributed by atoms with Crippen molar-refractivity contribution >= 4 is 23.6 Å². The van der Waals surface area contributed by atoms with Gasteiger partial charge in [-0.2, -0.15) is 12.6 Å². The van der Waals surface area contributed by atoms with Gasteiger partial charge in [0.2, 0.25) is 0 Å². The van der Waals surface area contributed by atoms with Crippen LogP contribution in [0.5, 0.6) is 5.75 Å². The first-order chi connectivity index (χ1) is 7.29. The van der Waals surface area contributed by atoms with E-state index < -0.39 is 0 Å². The average Bonchev–Trinajstić information content (AvgIpc) is 2.25. The lowest BCUT2D eigenvalue weighted by molar-refractivity contribution is 0.344. The van der Waals surface area contributed by atoms with Gasteiger partial charge in [-0.25, -0.2) is 4.79 Å². The Balaban J connectivity index is 2.40. The van der Waals surface area contributed by atoms with E-state index >= 15 is 0 Å². The Bertz CT molecular complexity index is 518. The summed E-state index contributed by atoms with van der Waals surface area (Å²) in [6, 6.07) is 8.53. The van der Waals surface area contributed by atoms with Crippen molar-refractivity contribution in [2.75, 3.05) is 12.4 Å². The molecule has 0 saturated carbocycles. The number of thiol groups is 1. The van der Waals surface area contributed by atoms with Crippen molar-refractivity contribution in [2.24, 2.45) is 0 Å². The van der Waals surface area contributed by atoms with Gasteiger partial charge < -0.3 is 9.15 Å².